The summed E-state index contributed by atoms with van der Waals surface area (Å²) in [6, 6.07) is 0. The molecule has 4 heteroatoms. The van der Waals surface area contributed by atoms with Gasteiger partial charge in [-0.1, -0.05) is 20.8 Å². The Kier molecular flexibility index (Phi) is 7.28. The molecule has 1 heterocycles. The van der Waals surface area contributed by atoms with Gasteiger partial charge in [0.1, 0.15) is 0 Å². The van der Waals surface area contributed by atoms with Crippen LogP contribution in [0.15, 0.2) is 0 Å². The number of nitrogens with zero attached hydrogens (tertiary/aromatic N) is 1. The first-order valence-corrected chi connectivity index (χ1v) is 7.34. The second-order valence-electron chi connectivity index (χ2n) is 5.57. The lowest BCUT2D eigenvalue weighted by atomic mass is 10.1. The molecule has 1 aliphatic heterocycles. The molecule has 2 atom stereocenters. The lowest BCUT2D eigenvalue weighted by molar-refractivity contribution is -0.124. The molecule has 0 spiro atoms. The van der Waals surface area contributed by atoms with Gasteiger partial charge in [0, 0.05) is 25.6 Å². The molecule has 2 N–H and O–H groups in total. The van der Waals surface area contributed by atoms with Crippen LogP contribution in [0.5, 0.6) is 0 Å². The first-order chi connectivity index (χ1) is 8.63. The number of carbonyl (C=O) groups excluding carboxylic acids is 1. The summed E-state index contributed by atoms with van der Waals surface area (Å²) in [7, 11) is 0. The molecule has 0 aromatic rings. The second kappa shape index (κ2) is 8.48. The van der Waals surface area contributed by atoms with Crippen molar-refractivity contribution in [3.05, 3.63) is 0 Å². The van der Waals surface area contributed by atoms with Crippen molar-refractivity contribution in [2.45, 2.75) is 33.6 Å². The van der Waals surface area contributed by atoms with E-state index in [9.17, 15) is 4.79 Å². The lowest BCUT2D eigenvalue weighted by Crippen LogP contribution is -2.39. The topological polar surface area (TPSA) is 44.4 Å². The Bertz CT molecular complexity index is 239. The summed E-state index contributed by atoms with van der Waals surface area (Å²) in [5, 5.41) is 6.27. The zero-order valence-corrected chi connectivity index (χ0v) is 12.2. The van der Waals surface area contributed by atoms with Crippen LogP contribution < -0.4 is 10.6 Å². The van der Waals surface area contributed by atoms with Crippen molar-refractivity contribution in [3.63, 3.8) is 0 Å². The van der Waals surface area contributed by atoms with E-state index >= 15 is 0 Å². The third-order valence-electron chi connectivity index (χ3n) is 3.54. The molecule has 106 valence electrons. The summed E-state index contributed by atoms with van der Waals surface area (Å²) < 4.78 is 0. The van der Waals surface area contributed by atoms with E-state index in [-0.39, 0.29) is 11.8 Å². The van der Waals surface area contributed by atoms with Gasteiger partial charge < -0.3 is 15.5 Å². The molecule has 4 nitrogen and oxygen atoms in total. The average molecular weight is 255 g/mol. The van der Waals surface area contributed by atoms with Gasteiger partial charge in [-0.3, -0.25) is 4.79 Å². The van der Waals surface area contributed by atoms with Crippen LogP contribution in [0, 0.1) is 11.8 Å². The van der Waals surface area contributed by atoms with Crippen LogP contribution in [-0.4, -0.2) is 50.1 Å². The highest BCUT2D eigenvalue weighted by atomic mass is 16.1. The zero-order chi connectivity index (χ0) is 13.4. The van der Waals surface area contributed by atoms with E-state index in [1.807, 2.05) is 6.92 Å². The van der Waals surface area contributed by atoms with Gasteiger partial charge in [0.15, 0.2) is 0 Å². The maximum Gasteiger partial charge on any atom is 0.224 e. The van der Waals surface area contributed by atoms with Crippen LogP contribution in [0.3, 0.4) is 0 Å². The third-order valence-corrected chi connectivity index (χ3v) is 3.54. The number of rotatable bonds is 8. The molecule has 0 bridgehead atoms. The number of likely N-dealkylation sites (tertiary alicyclic amines) is 1. The van der Waals surface area contributed by atoms with Crippen molar-refractivity contribution in [2.24, 2.45) is 11.8 Å². The highest BCUT2D eigenvalue weighted by Gasteiger charge is 2.16. The van der Waals surface area contributed by atoms with E-state index in [1.54, 1.807) is 0 Å². The van der Waals surface area contributed by atoms with Gasteiger partial charge in [0.2, 0.25) is 5.91 Å². The van der Waals surface area contributed by atoms with Crippen molar-refractivity contribution >= 4 is 5.91 Å². The summed E-state index contributed by atoms with van der Waals surface area (Å²) >= 11 is 0. The van der Waals surface area contributed by atoms with Gasteiger partial charge in [0.05, 0.1) is 0 Å². The molecule has 1 saturated heterocycles. The van der Waals surface area contributed by atoms with E-state index in [2.05, 4.69) is 29.4 Å². The number of hydrogen-bond acceptors (Lipinski definition) is 3. The van der Waals surface area contributed by atoms with Crippen LogP contribution in [-0.2, 0) is 4.79 Å². The quantitative estimate of drug-likeness (QED) is 0.682. The van der Waals surface area contributed by atoms with Crippen molar-refractivity contribution in [3.8, 4) is 0 Å². The predicted octanol–water partition coefficient (Wildman–Crippen LogP) is 1.08. The van der Waals surface area contributed by atoms with Gasteiger partial charge in [-0.25, -0.2) is 0 Å². The van der Waals surface area contributed by atoms with Crippen LogP contribution in [0.1, 0.15) is 33.6 Å². The summed E-state index contributed by atoms with van der Waals surface area (Å²) in [5.74, 6) is 0.770. The average Bonchev–Trinajstić information content (AvgIpc) is 2.85. The third kappa shape index (κ3) is 5.83. The molecule has 0 saturated carbocycles. The lowest BCUT2D eigenvalue weighted by Gasteiger charge is -2.21. The highest BCUT2D eigenvalue weighted by molar-refractivity contribution is 5.78. The largest absolute Gasteiger partial charge is 0.356 e. The Morgan fingerprint density at radius 2 is 1.89 bits per heavy atom. The minimum absolute atomic E-state index is 0.0592. The fourth-order valence-electron chi connectivity index (χ4n) is 2.37. The van der Waals surface area contributed by atoms with Crippen LogP contribution >= 0.6 is 0 Å². The van der Waals surface area contributed by atoms with Gasteiger partial charge in [-0.15, -0.1) is 0 Å². The van der Waals surface area contributed by atoms with E-state index in [1.165, 1.54) is 25.9 Å². The fraction of sp³-hybridized carbons (Fsp3) is 0.929. The summed E-state index contributed by atoms with van der Waals surface area (Å²) in [6.07, 6.45) is 2.66. The normalized spacial score (nSPS) is 19.7. The maximum absolute atomic E-state index is 11.8. The number of nitrogens with one attached hydrogen (secondary N) is 2. The minimum atomic E-state index is 0.0592. The standard InChI is InChI=1S/C14H29N3O/c1-4-15-10-13(3)14(18)16-9-12(2)11-17-7-5-6-8-17/h12-13,15H,4-11H2,1-3H3,(H,16,18). The Labute approximate surface area is 111 Å². The Hall–Kier alpha value is -0.610. The predicted molar refractivity (Wildman–Crippen MR) is 75.6 cm³/mol. The summed E-state index contributed by atoms with van der Waals surface area (Å²) in [4.78, 5) is 14.3. The monoisotopic (exact) mass is 255 g/mol. The van der Waals surface area contributed by atoms with Crippen molar-refractivity contribution in [1.82, 2.24) is 15.5 Å². The summed E-state index contributed by atoms with van der Waals surface area (Å²) in [6.45, 7) is 12.3. The SMILES string of the molecule is CCNCC(C)C(=O)NCC(C)CN1CCCC1. The molecule has 18 heavy (non-hydrogen) atoms. The highest BCUT2D eigenvalue weighted by Crippen LogP contribution is 2.09. The molecular weight excluding hydrogens is 226 g/mol. The van der Waals surface area contributed by atoms with Gasteiger partial charge >= 0.3 is 0 Å². The molecule has 1 amide bonds. The van der Waals surface area contributed by atoms with Gasteiger partial charge in [-0.2, -0.15) is 0 Å². The molecule has 0 aromatic heterocycles. The molecule has 0 radical (unpaired) electrons. The van der Waals surface area contributed by atoms with Crippen LogP contribution in [0.4, 0.5) is 0 Å². The Morgan fingerprint density at radius 3 is 2.50 bits per heavy atom. The second-order valence-corrected chi connectivity index (χ2v) is 5.57. The van der Waals surface area contributed by atoms with E-state index in [0.717, 1.165) is 26.2 Å². The molecular formula is C14H29N3O. The molecule has 1 fully saturated rings. The maximum atomic E-state index is 11.8. The summed E-state index contributed by atoms with van der Waals surface area (Å²) in [5.41, 5.74) is 0. The van der Waals surface area contributed by atoms with Crippen molar-refractivity contribution in [1.29, 1.82) is 0 Å². The minimum Gasteiger partial charge on any atom is -0.356 e. The number of amides is 1. The molecule has 0 aromatic carbocycles. The van der Waals surface area contributed by atoms with E-state index in [4.69, 9.17) is 0 Å². The van der Waals surface area contributed by atoms with Gasteiger partial charge in [-0.05, 0) is 38.4 Å². The fourth-order valence-corrected chi connectivity index (χ4v) is 2.37. The zero-order valence-electron chi connectivity index (χ0n) is 12.2. The molecule has 0 aliphatic carbocycles. The Balaban J connectivity index is 2.12. The smallest absolute Gasteiger partial charge is 0.224 e. The molecule has 1 aliphatic rings. The Morgan fingerprint density at radius 1 is 1.22 bits per heavy atom. The number of hydrogen-bond donors (Lipinski definition) is 2. The van der Waals surface area contributed by atoms with Crippen molar-refractivity contribution < 1.29 is 4.79 Å². The van der Waals surface area contributed by atoms with Crippen LogP contribution in [0.25, 0.3) is 0 Å². The van der Waals surface area contributed by atoms with Crippen molar-refractivity contribution in [2.75, 3.05) is 39.3 Å². The first-order valence-electron chi connectivity index (χ1n) is 7.34. The molecule has 1 rings (SSSR count). The van der Waals surface area contributed by atoms with Gasteiger partial charge in [0.25, 0.3) is 0 Å². The van der Waals surface area contributed by atoms with Crippen LogP contribution in [0.2, 0.25) is 0 Å². The van der Waals surface area contributed by atoms with E-state index < -0.39 is 0 Å². The molecule has 2 unspecified atom stereocenters. The van der Waals surface area contributed by atoms with E-state index in [0.29, 0.717) is 5.92 Å². The first kappa shape index (κ1) is 15.4. The number of carbonyl (C=O) groups is 1.